The highest BCUT2D eigenvalue weighted by Crippen LogP contribution is 2.19. The number of amidine groups is 1. The van der Waals surface area contributed by atoms with Crippen LogP contribution in [0.4, 0.5) is 0 Å². The molecular weight excluding hydrogens is 336 g/mol. The summed E-state index contributed by atoms with van der Waals surface area (Å²) in [6.07, 6.45) is 0. The van der Waals surface area contributed by atoms with Crippen LogP contribution in [0.2, 0.25) is 0 Å². The highest BCUT2D eigenvalue weighted by Gasteiger charge is 2.21. The minimum atomic E-state index is 0. The van der Waals surface area contributed by atoms with Gasteiger partial charge in [-0.15, -0.1) is 22.1 Å². The lowest BCUT2D eigenvalue weighted by Gasteiger charge is -2.34. The van der Waals surface area contributed by atoms with Crippen LogP contribution in [0.5, 0.6) is 0 Å². The lowest BCUT2D eigenvalue weighted by molar-refractivity contribution is 0.218. The van der Waals surface area contributed by atoms with Gasteiger partial charge in [-0.25, -0.2) is 0 Å². The predicted molar refractivity (Wildman–Crippen MR) is 92.3 cm³/mol. The molecule has 0 N–H and O–H groups in total. The molecule has 3 rings (SSSR count). The van der Waals surface area contributed by atoms with E-state index in [1.54, 1.807) is 11.8 Å². The first kappa shape index (κ1) is 15.5. The average Bonchev–Trinajstić information content (AvgIpc) is 2.49. The second-order valence-corrected chi connectivity index (χ2v) is 5.82. The summed E-state index contributed by atoms with van der Waals surface area (Å²) in [5.41, 5.74) is 2.25. The van der Waals surface area contributed by atoms with Crippen LogP contribution < -0.4 is 0 Å². The van der Waals surface area contributed by atoms with Gasteiger partial charge in [-0.3, -0.25) is 0 Å². The molecule has 0 aromatic heterocycles. The molecule has 1 saturated heterocycles. The maximum absolute atomic E-state index is 4.41. The van der Waals surface area contributed by atoms with Crippen LogP contribution in [0.1, 0.15) is 5.56 Å². The van der Waals surface area contributed by atoms with Crippen LogP contribution in [-0.4, -0.2) is 59.7 Å². The monoisotopic (exact) mass is 354 g/mol. The van der Waals surface area contributed by atoms with Crippen LogP contribution >= 0.6 is 28.7 Å². The van der Waals surface area contributed by atoms with E-state index in [2.05, 4.69) is 39.2 Å². The Labute approximate surface area is 134 Å². The highest BCUT2D eigenvalue weighted by molar-refractivity contribution is 8.93. The number of piperazine rings is 1. The zero-order valence-corrected chi connectivity index (χ0v) is 14.1. The zero-order chi connectivity index (χ0) is 13.1. The Balaban J connectivity index is 0.00000147. The van der Waals surface area contributed by atoms with E-state index in [0.29, 0.717) is 0 Å². The van der Waals surface area contributed by atoms with Crippen LogP contribution in [0.3, 0.4) is 0 Å². The molecule has 2 heterocycles. The van der Waals surface area contributed by atoms with Gasteiger partial charge in [0.25, 0.3) is 0 Å². The van der Waals surface area contributed by atoms with Gasteiger partial charge in [0.1, 0.15) is 0 Å². The number of nitrogens with zero attached hydrogens (tertiary/aromatic N) is 4. The van der Waals surface area contributed by atoms with Gasteiger partial charge in [0, 0.05) is 31.9 Å². The Hall–Kier alpha value is -0.850. The number of rotatable bonds is 1. The molecule has 6 heteroatoms. The summed E-state index contributed by atoms with van der Waals surface area (Å²) in [5.74, 6) is 0.912. The number of halogens is 1. The van der Waals surface area contributed by atoms with Crippen molar-refractivity contribution in [2.45, 2.75) is 0 Å². The smallest absolute Gasteiger partial charge is 0.186 e. The number of hydrogen-bond donors (Lipinski definition) is 0. The quantitative estimate of drug-likeness (QED) is 0.775. The van der Waals surface area contributed by atoms with Gasteiger partial charge < -0.3 is 9.80 Å². The van der Waals surface area contributed by atoms with E-state index in [9.17, 15) is 0 Å². The number of likely N-dealkylation sites (N-methyl/N-ethyl adjacent to an activating group) is 1. The molecule has 2 aliphatic rings. The molecule has 1 aromatic rings. The van der Waals surface area contributed by atoms with E-state index in [1.165, 1.54) is 5.56 Å². The molecule has 0 spiro atoms. The molecule has 0 atom stereocenters. The summed E-state index contributed by atoms with van der Waals surface area (Å²) in [7, 11) is 2.17. The van der Waals surface area contributed by atoms with Crippen LogP contribution in [0.15, 0.2) is 40.5 Å². The Morgan fingerprint density at radius 3 is 2.30 bits per heavy atom. The van der Waals surface area contributed by atoms with E-state index < -0.39 is 0 Å². The summed E-state index contributed by atoms with van der Waals surface area (Å²) in [6.45, 7) is 4.32. The lowest BCUT2D eigenvalue weighted by Crippen LogP contribution is -2.46. The van der Waals surface area contributed by atoms with Gasteiger partial charge in [0.05, 0.1) is 5.71 Å². The Kier molecular flexibility index (Phi) is 5.63. The van der Waals surface area contributed by atoms with Crippen molar-refractivity contribution < 1.29 is 0 Å². The van der Waals surface area contributed by atoms with Crippen molar-refractivity contribution in [3.8, 4) is 0 Å². The van der Waals surface area contributed by atoms with Crippen LogP contribution in [0, 0.1) is 0 Å². The SMILES string of the molecule is Br.CN1CCN(C2=NN=C(c3ccccc3)CS2)CC1. The normalized spacial score (nSPS) is 19.9. The van der Waals surface area contributed by atoms with Crippen molar-refractivity contribution >= 4 is 39.6 Å². The summed E-state index contributed by atoms with van der Waals surface area (Å²) >= 11 is 1.80. The standard InChI is InChI=1S/C14H18N4S.BrH/c1-17-7-9-18(10-8-17)14-16-15-13(11-19-14)12-5-3-2-4-6-12;/h2-6H,7-11H2,1H3;1H. The highest BCUT2D eigenvalue weighted by atomic mass is 79.9. The first-order chi connectivity index (χ1) is 9.33. The third kappa shape index (κ3) is 3.62. The average molecular weight is 355 g/mol. The molecule has 20 heavy (non-hydrogen) atoms. The van der Waals surface area contributed by atoms with Gasteiger partial charge in [0.2, 0.25) is 0 Å². The first-order valence-electron chi connectivity index (χ1n) is 6.59. The van der Waals surface area contributed by atoms with Gasteiger partial charge in [-0.1, -0.05) is 42.1 Å². The summed E-state index contributed by atoms with van der Waals surface area (Å²) < 4.78 is 0. The topological polar surface area (TPSA) is 31.2 Å². The van der Waals surface area contributed by atoms with Gasteiger partial charge >= 0.3 is 0 Å². The first-order valence-corrected chi connectivity index (χ1v) is 7.58. The van der Waals surface area contributed by atoms with Crippen LogP contribution in [-0.2, 0) is 0 Å². The zero-order valence-electron chi connectivity index (χ0n) is 11.5. The fraction of sp³-hybridized carbons (Fsp3) is 0.429. The molecule has 4 nitrogen and oxygen atoms in total. The Morgan fingerprint density at radius 1 is 1.00 bits per heavy atom. The molecule has 1 aromatic carbocycles. The van der Waals surface area contributed by atoms with E-state index in [1.807, 2.05) is 18.2 Å². The van der Waals surface area contributed by atoms with Gasteiger partial charge in [-0.05, 0) is 12.6 Å². The predicted octanol–water partition coefficient (Wildman–Crippen LogP) is 2.32. The van der Waals surface area contributed by atoms with E-state index >= 15 is 0 Å². The molecule has 0 saturated carbocycles. The number of benzene rings is 1. The molecule has 0 bridgehead atoms. The van der Waals surface area contributed by atoms with Gasteiger partial charge in [0.15, 0.2) is 5.17 Å². The van der Waals surface area contributed by atoms with Crippen molar-refractivity contribution in [2.75, 3.05) is 39.0 Å². The van der Waals surface area contributed by atoms with Crippen molar-refractivity contribution in [2.24, 2.45) is 10.2 Å². The van der Waals surface area contributed by atoms with E-state index in [4.69, 9.17) is 0 Å². The minimum Gasteiger partial charge on any atom is -0.347 e. The molecule has 0 amide bonds. The second kappa shape index (κ2) is 7.24. The Morgan fingerprint density at radius 2 is 1.70 bits per heavy atom. The fourth-order valence-corrected chi connectivity index (χ4v) is 3.17. The number of hydrogen-bond acceptors (Lipinski definition) is 5. The Bertz CT molecular complexity index is 495. The molecule has 1 fully saturated rings. The molecule has 108 valence electrons. The lowest BCUT2D eigenvalue weighted by atomic mass is 10.1. The van der Waals surface area contributed by atoms with Crippen molar-refractivity contribution in [1.29, 1.82) is 0 Å². The summed E-state index contributed by atoms with van der Waals surface area (Å²) in [4.78, 5) is 4.69. The molecule has 0 unspecified atom stereocenters. The van der Waals surface area contributed by atoms with Crippen molar-refractivity contribution in [3.63, 3.8) is 0 Å². The third-order valence-electron chi connectivity index (χ3n) is 3.48. The van der Waals surface area contributed by atoms with Crippen molar-refractivity contribution in [3.05, 3.63) is 35.9 Å². The molecule has 0 radical (unpaired) electrons. The van der Waals surface area contributed by atoms with E-state index in [-0.39, 0.29) is 17.0 Å². The van der Waals surface area contributed by atoms with Crippen molar-refractivity contribution in [1.82, 2.24) is 9.80 Å². The molecule has 2 aliphatic heterocycles. The molecule has 0 aliphatic carbocycles. The molecular formula is C14H19BrN4S. The van der Waals surface area contributed by atoms with Gasteiger partial charge in [-0.2, -0.15) is 5.10 Å². The largest absolute Gasteiger partial charge is 0.347 e. The second-order valence-electron chi connectivity index (χ2n) is 4.87. The van der Waals surface area contributed by atoms with Crippen LogP contribution in [0.25, 0.3) is 0 Å². The third-order valence-corrected chi connectivity index (χ3v) is 4.49. The maximum Gasteiger partial charge on any atom is 0.186 e. The fourth-order valence-electron chi connectivity index (χ4n) is 2.22. The van der Waals surface area contributed by atoms with E-state index in [0.717, 1.165) is 42.8 Å². The summed E-state index contributed by atoms with van der Waals surface area (Å²) in [6, 6.07) is 10.3. The summed E-state index contributed by atoms with van der Waals surface area (Å²) in [5, 5.41) is 9.89. The minimum absolute atomic E-state index is 0. The number of thioether (sulfide) groups is 1. The maximum atomic E-state index is 4.41.